The molecule has 2 N–H and O–H groups in total. The molecule has 170 valence electrons. The number of hydrogen-bond donors (Lipinski definition) is 2. The number of nitrogens with one attached hydrogen (secondary N) is 2. The Balaban J connectivity index is 1.42. The molecule has 2 heterocycles. The smallest absolute Gasteiger partial charge is 0.269 e. The summed E-state index contributed by atoms with van der Waals surface area (Å²) in [6.45, 7) is 0. The van der Waals surface area contributed by atoms with E-state index < -0.39 is 6.04 Å². The van der Waals surface area contributed by atoms with Crippen LogP contribution in [0.4, 0.5) is 5.69 Å². The van der Waals surface area contributed by atoms with Gasteiger partial charge in [-0.3, -0.25) is 4.79 Å². The van der Waals surface area contributed by atoms with Crippen molar-refractivity contribution in [1.29, 1.82) is 0 Å². The fraction of sp³-hybridized carbons (Fsp3) is 0.240. The Morgan fingerprint density at radius 2 is 2.03 bits per heavy atom. The van der Waals surface area contributed by atoms with Gasteiger partial charge in [0, 0.05) is 55.3 Å². The first-order valence-corrected chi connectivity index (χ1v) is 11.7. The van der Waals surface area contributed by atoms with Crippen molar-refractivity contribution in [2.45, 2.75) is 17.4 Å². The summed E-state index contributed by atoms with van der Waals surface area (Å²) in [6.07, 6.45) is 4.93. The zero-order chi connectivity index (χ0) is 23.4. The highest BCUT2D eigenvalue weighted by Gasteiger charge is 2.17. The van der Waals surface area contributed by atoms with Crippen molar-refractivity contribution in [2.75, 3.05) is 24.7 Å². The summed E-state index contributed by atoms with van der Waals surface area (Å²) in [4.78, 5) is 34.9. The van der Waals surface area contributed by atoms with Crippen molar-refractivity contribution in [3.05, 3.63) is 78.0 Å². The second-order valence-corrected chi connectivity index (χ2v) is 9.19. The topological polar surface area (TPSA) is 83.0 Å². The van der Waals surface area contributed by atoms with E-state index in [1.54, 1.807) is 11.8 Å². The van der Waals surface area contributed by atoms with E-state index in [4.69, 9.17) is 0 Å². The molecule has 2 aromatic heterocycles. The summed E-state index contributed by atoms with van der Waals surface area (Å²) >= 11 is 1.55. The average molecular weight is 462 g/mol. The van der Waals surface area contributed by atoms with Gasteiger partial charge in [0.1, 0.15) is 17.8 Å². The largest absolute Gasteiger partial charge is 0.377 e. The molecule has 0 fully saturated rings. The van der Waals surface area contributed by atoms with Crippen LogP contribution in [0.2, 0.25) is 0 Å². The number of anilines is 1. The quantitative estimate of drug-likeness (QED) is 0.294. The van der Waals surface area contributed by atoms with Gasteiger partial charge >= 0.3 is 0 Å². The molecule has 0 aliphatic rings. The number of nitrogens with zero attached hydrogens (tertiary/aromatic N) is 3. The summed E-state index contributed by atoms with van der Waals surface area (Å²) in [7, 11) is 6.01. The minimum Gasteiger partial charge on any atom is -0.377 e. The fourth-order valence-corrected chi connectivity index (χ4v) is 4.75. The maximum Gasteiger partial charge on any atom is 0.269 e. The second-order valence-electron chi connectivity index (χ2n) is 8.13. The molecule has 1 atom stereocenters. The van der Waals surface area contributed by atoms with E-state index in [0.29, 0.717) is 23.7 Å². The monoisotopic (exact) mass is 461 g/mol. The number of fused-ring (bicyclic) bond motifs is 1. The highest BCUT2D eigenvalue weighted by molar-refractivity contribution is 7.99. The normalized spacial score (nSPS) is 12.0. The number of imidazole rings is 1. The lowest BCUT2D eigenvalue weighted by Gasteiger charge is -2.19. The van der Waals surface area contributed by atoms with Crippen LogP contribution in [-0.4, -0.2) is 52.6 Å². The molecule has 0 bridgehead atoms. The minimum atomic E-state index is -0.623. The number of amides is 1. The molecule has 0 spiro atoms. The van der Waals surface area contributed by atoms with Crippen LogP contribution in [-0.2, 0) is 18.3 Å². The first-order chi connectivity index (χ1) is 15.9. The SMILES string of the molecule is CN(C)c1cc2ccn(C)c2cc1SC[C@@H](C=O)NC(=O)c1cnc(Cc2ccccc2)[nH]1. The number of aryl methyl sites for hydroxylation is 1. The number of carbonyl (C=O) groups excluding carboxylic acids is 2. The maximum absolute atomic E-state index is 12.7. The van der Waals surface area contributed by atoms with Crippen LogP contribution in [0.15, 0.2) is 65.8 Å². The van der Waals surface area contributed by atoms with Gasteiger partial charge in [-0.05, 0) is 23.8 Å². The number of hydrogen-bond acceptors (Lipinski definition) is 5. The summed E-state index contributed by atoms with van der Waals surface area (Å²) in [6, 6.07) is 15.7. The number of rotatable bonds is 9. The molecule has 0 unspecified atom stereocenters. The van der Waals surface area contributed by atoms with Crippen molar-refractivity contribution < 1.29 is 9.59 Å². The Labute approximate surface area is 197 Å². The summed E-state index contributed by atoms with van der Waals surface area (Å²) in [5.74, 6) is 0.789. The van der Waals surface area contributed by atoms with Gasteiger partial charge in [-0.1, -0.05) is 30.3 Å². The Bertz CT molecular complexity index is 1260. The number of thioether (sulfide) groups is 1. The predicted molar refractivity (Wildman–Crippen MR) is 133 cm³/mol. The van der Waals surface area contributed by atoms with Gasteiger partial charge in [-0.2, -0.15) is 0 Å². The highest BCUT2D eigenvalue weighted by Crippen LogP contribution is 2.34. The summed E-state index contributed by atoms with van der Waals surface area (Å²) < 4.78 is 2.07. The third-order valence-corrected chi connectivity index (χ3v) is 6.60. The average Bonchev–Trinajstić information content (AvgIpc) is 3.43. The number of aromatic nitrogens is 3. The Hall–Kier alpha value is -3.52. The lowest BCUT2D eigenvalue weighted by molar-refractivity contribution is -0.109. The predicted octanol–water partition coefficient (Wildman–Crippen LogP) is 3.65. The van der Waals surface area contributed by atoms with Crippen molar-refractivity contribution in [2.24, 2.45) is 7.05 Å². The van der Waals surface area contributed by atoms with Crippen molar-refractivity contribution in [3.63, 3.8) is 0 Å². The van der Waals surface area contributed by atoms with E-state index in [1.807, 2.05) is 57.7 Å². The third kappa shape index (κ3) is 5.28. The van der Waals surface area contributed by atoms with Crippen LogP contribution >= 0.6 is 11.8 Å². The Morgan fingerprint density at radius 1 is 1.24 bits per heavy atom. The van der Waals surface area contributed by atoms with Crippen molar-refractivity contribution in [3.8, 4) is 0 Å². The lowest BCUT2D eigenvalue weighted by atomic mass is 10.1. The van der Waals surface area contributed by atoms with E-state index in [-0.39, 0.29) is 5.91 Å². The first-order valence-electron chi connectivity index (χ1n) is 10.7. The number of aromatic amines is 1. The maximum atomic E-state index is 12.7. The van der Waals surface area contributed by atoms with Crippen LogP contribution in [0.25, 0.3) is 10.9 Å². The number of benzene rings is 2. The van der Waals surface area contributed by atoms with Crippen LogP contribution in [0.5, 0.6) is 0 Å². The molecule has 8 heteroatoms. The molecule has 0 saturated carbocycles. The van der Waals surface area contributed by atoms with E-state index in [2.05, 4.69) is 43.0 Å². The Kier molecular flexibility index (Phi) is 6.84. The van der Waals surface area contributed by atoms with Gasteiger partial charge in [0.15, 0.2) is 0 Å². The first kappa shape index (κ1) is 22.7. The van der Waals surface area contributed by atoms with Crippen molar-refractivity contribution >= 4 is 40.5 Å². The fourth-order valence-electron chi connectivity index (χ4n) is 3.65. The van der Waals surface area contributed by atoms with Crippen LogP contribution in [0, 0.1) is 0 Å². The lowest BCUT2D eigenvalue weighted by Crippen LogP contribution is -2.38. The van der Waals surface area contributed by atoms with E-state index in [9.17, 15) is 9.59 Å². The molecule has 0 saturated heterocycles. The number of H-pyrrole nitrogens is 1. The van der Waals surface area contributed by atoms with Crippen LogP contribution < -0.4 is 10.2 Å². The standard InChI is InChI=1S/C25H27N5O2S/c1-29(2)22-12-18-9-10-30(3)21(18)13-23(22)33-16-19(15-31)27-25(32)20-14-26-24(28-20)11-17-7-5-4-6-8-17/h4-10,12-15,19H,11,16H2,1-3H3,(H,26,28)(H,27,32)/t19-/m1/s1. The van der Waals surface area contributed by atoms with Crippen LogP contribution in [0.1, 0.15) is 21.9 Å². The molecule has 33 heavy (non-hydrogen) atoms. The molecule has 1 amide bonds. The zero-order valence-electron chi connectivity index (χ0n) is 18.9. The molecule has 4 rings (SSSR count). The molecule has 0 aliphatic heterocycles. The third-order valence-electron chi connectivity index (χ3n) is 5.43. The van der Waals surface area contributed by atoms with E-state index in [0.717, 1.165) is 33.3 Å². The van der Waals surface area contributed by atoms with Gasteiger partial charge in [0.2, 0.25) is 0 Å². The zero-order valence-corrected chi connectivity index (χ0v) is 19.7. The van der Waals surface area contributed by atoms with Gasteiger partial charge in [0.25, 0.3) is 5.91 Å². The van der Waals surface area contributed by atoms with Gasteiger partial charge in [-0.15, -0.1) is 11.8 Å². The molecular weight excluding hydrogens is 434 g/mol. The van der Waals surface area contributed by atoms with Gasteiger partial charge in [-0.25, -0.2) is 4.98 Å². The molecular formula is C25H27N5O2S. The molecule has 2 aromatic carbocycles. The molecule has 0 radical (unpaired) electrons. The second kappa shape index (κ2) is 9.95. The van der Waals surface area contributed by atoms with E-state index in [1.165, 1.54) is 6.20 Å². The minimum absolute atomic E-state index is 0.342. The van der Waals surface area contributed by atoms with E-state index >= 15 is 0 Å². The number of carbonyl (C=O) groups is 2. The summed E-state index contributed by atoms with van der Waals surface area (Å²) in [5.41, 5.74) is 3.65. The highest BCUT2D eigenvalue weighted by atomic mass is 32.2. The van der Waals surface area contributed by atoms with Gasteiger partial charge < -0.3 is 24.6 Å². The number of aldehydes is 1. The molecule has 7 nitrogen and oxygen atoms in total. The van der Waals surface area contributed by atoms with Crippen LogP contribution in [0.3, 0.4) is 0 Å². The van der Waals surface area contributed by atoms with Gasteiger partial charge in [0.05, 0.1) is 17.9 Å². The van der Waals surface area contributed by atoms with Crippen molar-refractivity contribution in [1.82, 2.24) is 19.9 Å². The summed E-state index contributed by atoms with van der Waals surface area (Å²) in [5, 5.41) is 3.97. The molecule has 4 aromatic rings. The Morgan fingerprint density at radius 3 is 2.76 bits per heavy atom. The molecule has 0 aliphatic carbocycles.